The number of fused-ring (bicyclic) bond motifs is 1. The molecule has 5 heteroatoms. The highest BCUT2D eigenvalue weighted by molar-refractivity contribution is 14.1. The molecule has 4 nitrogen and oxygen atoms in total. The smallest absolute Gasteiger partial charge is 0.160 e. The predicted molar refractivity (Wildman–Crippen MR) is 85.6 cm³/mol. The first-order valence-electron chi connectivity index (χ1n) is 6.56. The van der Waals surface area contributed by atoms with Gasteiger partial charge in [0.1, 0.15) is 17.1 Å². The number of aromatic hydroxyl groups is 1. The van der Waals surface area contributed by atoms with E-state index in [1.165, 1.54) is 12.8 Å². The molecule has 3 aromatic rings. The van der Waals surface area contributed by atoms with Gasteiger partial charge in [-0.3, -0.25) is 0 Å². The minimum absolute atomic E-state index is 0.297. The fraction of sp³-hybridized carbons (Fsp3) is 0.200. The molecule has 0 aliphatic heterocycles. The van der Waals surface area contributed by atoms with Gasteiger partial charge < -0.3 is 9.67 Å². The first kappa shape index (κ1) is 12.1. The van der Waals surface area contributed by atoms with Crippen LogP contribution in [0.25, 0.3) is 22.6 Å². The van der Waals surface area contributed by atoms with Crippen LogP contribution in [-0.4, -0.2) is 19.6 Å². The summed E-state index contributed by atoms with van der Waals surface area (Å²) in [5, 5.41) is 9.92. The van der Waals surface area contributed by atoms with E-state index in [1.54, 1.807) is 12.3 Å². The van der Waals surface area contributed by atoms with Crippen LogP contribution in [0.15, 0.2) is 36.5 Å². The number of rotatable bonds is 2. The van der Waals surface area contributed by atoms with Gasteiger partial charge in [0.05, 0.1) is 3.57 Å². The van der Waals surface area contributed by atoms with E-state index in [0.717, 1.165) is 26.1 Å². The Hall–Kier alpha value is -1.63. The van der Waals surface area contributed by atoms with Crippen molar-refractivity contribution < 1.29 is 5.11 Å². The van der Waals surface area contributed by atoms with Crippen LogP contribution in [0, 0.1) is 3.57 Å². The highest BCUT2D eigenvalue weighted by Gasteiger charge is 2.29. The van der Waals surface area contributed by atoms with Gasteiger partial charge in [-0.2, -0.15) is 0 Å². The van der Waals surface area contributed by atoms with Crippen LogP contribution in [0.1, 0.15) is 18.9 Å². The summed E-state index contributed by atoms with van der Waals surface area (Å²) >= 11 is 2.12. The predicted octanol–water partition coefficient (Wildman–Crippen LogP) is 3.74. The molecule has 0 saturated heterocycles. The van der Waals surface area contributed by atoms with E-state index in [1.807, 2.05) is 24.3 Å². The fourth-order valence-electron chi connectivity index (χ4n) is 2.46. The summed E-state index contributed by atoms with van der Waals surface area (Å²) in [5.41, 5.74) is 2.78. The lowest BCUT2D eigenvalue weighted by Gasteiger charge is -2.07. The van der Waals surface area contributed by atoms with Crippen molar-refractivity contribution in [3.8, 4) is 17.1 Å². The molecule has 20 heavy (non-hydrogen) atoms. The molecule has 4 rings (SSSR count). The van der Waals surface area contributed by atoms with Gasteiger partial charge in [-0.25, -0.2) is 9.97 Å². The van der Waals surface area contributed by atoms with Crippen molar-refractivity contribution in [3.05, 3.63) is 40.1 Å². The lowest BCUT2D eigenvalue weighted by atomic mass is 10.2. The zero-order valence-electron chi connectivity index (χ0n) is 10.6. The molecule has 0 unspecified atom stereocenters. The number of halogens is 1. The topological polar surface area (TPSA) is 50.9 Å². The van der Waals surface area contributed by atoms with Crippen molar-refractivity contribution in [3.63, 3.8) is 0 Å². The van der Waals surface area contributed by atoms with Gasteiger partial charge in [-0.1, -0.05) is 0 Å². The van der Waals surface area contributed by atoms with Crippen LogP contribution >= 0.6 is 22.6 Å². The molecule has 1 aliphatic rings. The summed E-state index contributed by atoms with van der Waals surface area (Å²) in [6, 6.07) is 10.1. The molecule has 1 aromatic carbocycles. The molecule has 0 amide bonds. The Kier molecular flexibility index (Phi) is 2.70. The van der Waals surface area contributed by atoms with E-state index in [0.29, 0.717) is 11.8 Å². The molecule has 1 N–H and O–H groups in total. The molecular weight excluding hydrogens is 365 g/mol. The van der Waals surface area contributed by atoms with Crippen molar-refractivity contribution in [1.82, 2.24) is 14.5 Å². The molecule has 0 bridgehead atoms. The van der Waals surface area contributed by atoms with E-state index in [2.05, 4.69) is 32.1 Å². The molecule has 1 saturated carbocycles. The van der Waals surface area contributed by atoms with Crippen LogP contribution in [0.5, 0.6) is 5.75 Å². The van der Waals surface area contributed by atoms with Crippen LogP contribution in [0.2, 0.25) is 0 Å². The zero-order valence-corrected chi connectivity index (χ0v) is 12.8. The van der Waals surface area contributed by atoms with Crippen molar-refractivity contribution in [2.45, 2.75) is 18.9 Å². The van der Waals surface area contributed by atoms with Crippen LogP contribution in [0.4, 0.5) is 0 Å². The summed E-state index contributed by atoms with van der Waals surface area (Å²) < 4.78 is 3.05. The lowest BCUT2D eigenvalue weighted by Crippen LogP contribution is -1.98. The Morgan fingerprint density at radius 2 is 2.10 bits per heavy atom. The minimum atomic E-state index is 0.297. The third-order valence-corrected chi connectivity index (χ3v) is 4.48. The van der Waals surface area contributed by atoms with E-state index >= 15 is 0 Å². The summed E-state index contributed by atoms with van der Waals surface area (Å²) in [6.45, 7) is 0. The van der Waals surface area contributed by atoms with E-state index < -0.39 is 0 Å². The SMILES string of the molecule is Oc1cc(-c2nc3cccnc3n2C2CC2)ccc1I. The molecule has 2 aromatic heterocycles. The number of hydrogen-bond donors (Lipinski definition) is 1. The van der Waals surface area contributed by atoms with Crippen LogP contribution in [-0.2, 0) is 0 Å². The van der Waals surface area contributed by atoms with Gasteiger partial charge in [-0.15, -0.1) is 0 Å². The van der Waals surface area contributed by atoms with E-state index in [4.69, 9.17) is 4.98 Å². The molecule has 1 fully saturated rings. The van der Waals surface area contributed by atoms with Gasteiger partial charge in [0.15, 0.2) is 5.65 Å². The molecule has 0 atom stereocenters. The minimum Gasteiger partial charge on any atom is -0.507 e. The number of nitrogens with zero attached hydrogens (tertiary/aromatic N) is 3. The molecule has 1 aliphatic carbocycles. The Bertz CT molecular complexity index is 808. The first-order valence-corrected chi connectivity index (χ1v) is 7.64. The van der Waals surface area contributed by atoms with Crippen molar-refractivity contribution in [2.24, 2.45) is 0 Å². The average Bonchev–Trinajstić information content (AvgIpc) is 3.22. The van der Waals surface area contributed by atoms with E-state index in [-0.39, 0.29) is 0 Å². The largest absolute Gasteiger partial charge is 0.507 e. The molecule has 0 radical (unpaired) electrons. The first-order chi connectivity index (χ1) is 9.74. The number of phenolic OH excluding ortho intramolecular Hbond substituents is 1. The third kappa shape index (κ3) is 1.88. The Morgan fingerprint density at radius 3 is 2.85 bits per heavy atom. The Labute approximate surface area is 129 Å². The number of aromatic nitrogens is 3. The standard InChI is InChI=1S/C15H12IN3O/c16-11-6-3-9(8-13(11)20)14-18-12-2-1-7-17-15(12)19(14)10-4-5-10/h1-3,6-8,10,20H,4-5H2. The lowest BCUT2D eigenvalue weighted by molar-refractivity contribution is 0.471. The maximum atomic E-state index is 9.92. The second-order valence-corrected chi connectivity index (χ2v) is 6.21. The van der Waals surface area contributed by atoms with Crippen LogP contribution in [0.3, 0.4) is 0 Å². The number of benzene rings is 1. The second kappa shape index (κ2) is 4.44. The normalized spacial score (nSPS) is 14.8. The Balaban J connectivity index is 1.98. The quantitative estimate of drug-likeness (QED) is 0.693. The summed E-state index contributed by atoms with van der Waals surface area (Å²) in [6.07, 6.45) is 4.15. The van der Waals surface area contributed by atoms with Crippen molar-refractivity contribution in [1.29, 1.82) is 0 Å². The van der Waals surface area contributed by atoms with Gasteiger partial charge in [0.25, 0.3) is 0 Å². The summed E-state index contributed by atoms with van der Waals surface area (Å²) in [7, 11) is 0. The molecule has 2 heterocycles. The monoisotopic (exact) mass is 377 g/mol. The average molecular weight is 377 g/mol. The van der Waals surface area contributed by atoms with Gasteiger partial charge >= 0.3 is 0 Å². The van der Waals surface area contributed by atoms with Crippen molar-refractivity contribution >= 4 is 33.8 Å². The maximum Gasteiger partial charge on any atom is 0.160 e. The van der Waals surface area contributed by atoms with Gasteiger partial charge in [0, 0.05) is 17.8 Å². The summed E-state index contributed by atoms with van der Waals surface area (Å²) in [5.74, 6) is 1.19. The molecular formula is C15H12IN3O. The van der Waals surface area contributed by atoms with Crippen molar-refractivity contribution in [2.75, 3.05) is 0 Å². The Morgan fingerprint density at radius 1 is 1.25 bits per heavy atom. The molecule has 100 valence electrons. The van der Waals surface area contributed by atoms with E-state index in [9.17, 15) is 5.11 Å². The van der Waals surface area contributed by atoms with Gasteiger partial charge in [0.2, 0.25) is 0 Å². The number of hydrogen-bond acceptors (Lipinski definition) is 3. The number of imidazole rings is 1. The second-order valence-electron chi connectivity index (χ2n) is 5.05. The summed E-state index contributed by atoms with van der Waals surface area (Å²) in [4.78, 5) is 9.17. The van der Waals surface area contributed by atoms with Crippen LogP contribution < -0.4 is 0 Å². The highest BCUT2D eigenvalue weighted by Crippen LogP contribution is 2.41. The van der Waals surface area contributed by atoms with Gasteiger partial charge in [-0.05, 0) is 65.8 Å². The number of phenols is 1. The highest BCUT2D eigenvalue weighted by atomic mass is 127. The fourth-order valence-corrected chi connectivity index (χ4v) is 2.80. The number of pyridine rings is 1. The zero-order chi connectivity index (χ0) is 13.7. The molecule has 0 spiro atoms. The third-order valence-electron chi connectivity index (χ3n) is 3.57. The maximum absolute atomic E-state index is 9.92.